The molecule has 2 heterocycles. The molecule has 2 aliphatic rings. The van der Waals surface area contributed by atoms with Crippen LogP contribution in [0.1, 0.15) is 44.1 Å². The Hall–Kier alpha value is -3.11. The molecule has 1 aliphatic heterocycles. The molecule has 1 saturated carbocycles. The Morgan fingerprint density at radius 1 is 1.13 bits per heavy atom. The number of likely N-dealkylation sites (tertiary alicyclic amines) is 1. The normalized spacial score (nSPS) is 19.9. The highest BCUT2D eigenvalue weighted by Crippen LogP contribution is 2.36. The zero-order valence-electron chi connectivity index (χ0n) is 21.4. The van der Waals surface area contributed by atoms with Gasteiger partial charge < -0.3 is 25.2 Å². The first-order chi connectivity index (χ1) is 18.1. The van der Waals surface area contributed by atoms with E-state index in [9.17, 15) is 18.3 Å². The van der Waals surface area contributed by atoms with Gasteiger partial charge in [0.2, 0.25) is 0 Å². The molecule has 38 heavy (non-hydrogen) atoms. The first kappa shape index (κ1) is 27.9. The lowest BCUT2D eigenvalue weighted by Crippen LogP contribution is -2.22. The summed E-state index contributed by atoms with van der Waals surface area (Å²) >= 11 is 0. The minimum Gasteiger partial charge on any atom is -0.493 e. The fraction of sp³-hybridized carbons (Fsp3) is 0.500. The van der Waals surface area contributed by atoms with Crippen LogP contribution >= 0.6 is 0 Å². The second-order valence-corrected chi connectivity index (χ2v) is 10.0. The number of aromatic nitrogens is 1. The number of ether oxygens (including phenoxy) is 1. The van der Waals surface area contributed by atoms with Crippen molar-refractivity contribution in [1.82, 2.24) is 9.88 Å². The van der Waals surface area contributed by atoms with Crippen LogP contribution in [0.2, 0.25) is 0 Å². The third-order valence-corrected chi connectivity index (χ3v) is 7.05. The van der Waals surface area contributed by atoms with Crippen LogP contribution in [0.3, 0.4) is 0 Å². The van der Waals surface area contributed by atoms with Crippen molar-refractivity contribution in [3.8, 4) is 5.75 Å². The van der Waals surface area contributed by atoms with Gasteiger partial charge in [-0.25, -0.2) is 9.78 Å². The summed E-state index contributed by atoms with van der Waals surface area (Å²) in [5, 5.41) is 23.1. The Labute approximate surface area is 219 Å². The summed E-state index contributed by atoms with van der Waals surface area (Å²) in [7, 11) is 0. The zero-order chi connectivity index (χ0) is 27.3. The van der Waals surface area contributed by atoms with Crippen molar-refractivity contribution in [3.63, 3.8) is 0 Å². The maximum absolute atomic E-state index is 10.6. The van der Waals surface area contributed by atoms with E-state index in [2.05, 4.69) is 47.5 Å². The number of carboxylic acid groups (broad SMARTS) is 1. The standard InChI is InChI=1S/C26H33N3O2.C2HF3O2/c1-18-15-22-24(17-25(18)31-14-6-13-29-11-4-5-12-29)28-23-8-3-2-7-21(23)26(22)27-19-9-10-20(30)16-19;3-2(4,5)1(6)7/h2-3,7-8,15,17,19-20,30H,4-6,9-14,16H2,1H3,(H,27,28);(H,6,7)/t19-,20+;/m1./s1. The van der Waals surface area contributed by atoms with Gasteiger partial charge in [-0.3, -0.25) is 0 Å². The van der Waals surface area contributed by atoms with Crippen LogP contribution in [0, 0.1) is 6.92 Å². The van der Waals surface area contributed by atoms with Gasteiger partial charge in [-0.2, -0.15) is 13.2 Å². The molecule has 1 saturated heterocycles. The molecule has 2 atom stereocenters. The minimum absolute atomic E-state index is 0.195. The van der Waals surface area contributed by atoms with E-state index in [0.717, 1.165) is 77.6 Å². The number of hydrogen-bond donors (Lipinski definition) is 3. The molecule has 2 aromatic carbocycles. The lowest BCUT2D eigenvalue weighted by molar-refractivity contribution is -0.192. The van der Waals surface area contributed by atoms with Crippen molar-refractivity contribution in [2.24, 2.45) is 0 Å². The number of alkyl halides is 3. The van der Waals surface area contributed by atoms with E-state index in [1.54, 1.807) is 0 Å². The van der Waals surface area contributed by atoms with Crippen LogP contribution in [0.25, 0.3) is 21.8 Å². The van der Waals surface area contributed by atoms with Gasteiger partial charge in [0.15, 0.2) is 0 Å². The van der Waals surface area contributed by atoms with Crippen molar-refractivity contribution >= 4 is 33.5 Å². The van der Waals surface area contributed by atoms with Crippen LogP contribution in [-0.4, -0.2) is 70.6 Å². The predicted octanol–water partition coefficient (Wildman–Crippen LogP) is 5.52. The van der Waals surface area contributed by atoms with E-state index < -0.39 is 12.1 Å². The van der Waals surface area contributed by atoms with Gasteiger partial charge in [-0.1, -0.05) is 18.2 Å². The molecule has 10 heteroatoms. The lowest BCUT2D eigenvalue weighted by Gasteiger charge is -2.19. The summed E-state index contributed by atoms with van der Waals surface area (Å²) in [4.78, 5) is 16.4. The number of fused-ring (bicyclic) bond motifs is 2. The number of carbonyl (C=O) groups is 1. The Morgan fingerprint density at radius 2 is 1.84 bits per heavy atom. The largest absolute Gasteiger partial charge is 0.493 e. The van der Waals surface area contributed by atoms with E-state index in [1.807, 2.05) is 6.07 Å². The van der Waals surface area contributed by atoms with E-state index in [-0.39, 0.29) is 6.10 Å². The number of anilines is 1. The van der Waals surface area contributed by atoms with Crippen LogP contribution in [-0.2, 0) is 4.79 Å². The van der Waals surface area contributed by atoms with Crippen LogP contribution in [0.15, 0.2) is 36.4 Å². The molecule has 0 bridgehead atoms. The zero-order valence-corrected chi connectivity index (χ0v) is 21.4. The van der Waals surface area contributed by atoms with Gasteiger partial charge >= 0.3 is 12.1 Å². The van der Waals surface area contributed by atoms with E-state index >= 15 is 0 Å². The number of carboxylic acids is 1. The molecule has 5 rings (SSSR count). The monoisotopic (exact) mass is 533 g/mol. The molecule has 0 unspecified atom stereocenters. The number of aliphatic hydroxyl groups excluding tert-OH is 1. The topological polar surface area (TPSA) is 94.9 Å². The number of rotatable bonds is 7. The highest BCUT2D eigenvalue weighted by atomic mass is 19.4. The fourth-order valence-corrected chi connectivity index (χ4v) is 5.11. The molecule has 1 aliphatic carbocycles. The average Bonchev–Trinajstić information content (AvgIpc) is 3.54. The number of benzene rings is 2. The number of halogens is 3. The summed E-state index contributed by atoms with van der Waals surface area (Å²) in [6.45, 7) is 6.45. The summed E-state index contributed by atoms with van der Waals surface area (Å²) in [5.74, 6) is -1.83. The fourth-order valence-electron chi connectivity index (χ4n) is 5.11. The predicted molar refractivity (Wildman–Crippen MR) is 141 cm³/mol. The van der Waals surface area contributed by atoms with Crippen molar-refractivity contribution in [3.05, 3.63) is 42.0 Å². The van der Waals surface area contributed by atoms with E-state index in [4.69, 9.17) is 19.6 Å². The van der Waals surface area contributed by atoms with Crippen molar-refractivity contribution in [2.75, 3.05) is 31.6 Å². The average molecular weight is 534 g/mol. The Balaban J connectivity index is 0.000000426. The van der Waals surface area contributed by atoms with E-state index in [1.165, 1.54) is 25.9 Å². The molecule has 206 valence electrons. The molecule has 1 aromatic heterocycles. The number of aliphatic hydroxyl groups is 1. The van der Waals surface area contributed by atoms with Gasteiger partial charge in [-0.15, -0.1) is 0 Å². The second kappa shape index (κ2) is 12.2. The third-order valence-electron chi connectivity index (χ3n) is 7.05. The number of nitrogens with one attached hydrogen (secondary N) is 1. The Bertz CT molecular complexity index is 1260. The number of aliphatic carboxylic acids is 1. The molecule has 7 nitrogen and oxygen atoms in total. The smallest absolute Gasteiger partial charge is 0.490 e. The minimum atomic E-state index is -5.08. The molecule has 0 radical (unpaired) electrons. The molecular formula is C28H34F3N3O4. The highest BCUT2D eigenvalue weighted by molar-refractivity contribution is 6.08. The van der Waals surface area contributed by atoms with Crippen LogP contribution < -0.4 is 10.1 Å². The maximum Gasteiger partial charge on any atom is 0.490 e. The SMILES string of the molecule is Cc1cc2c(N[C@@H]3CC[C@H](O)C3)c3ccccc3nc2cc1OCCCN1CCCC1.O=C(O)C(F)(F)F. The van der Waals surface area contributed by atoms with Gasteiger partial charge in [0, 0.05) is 29.4 Å². The number of para-hydroxylation sites is 1. The summed E-state index contributed by atoms with van der Waals surface area (Å²) in [6, 6.07) is 12.9. The second-order valence-electron chi connectivity index (χ2n) is 10.0. The maximum atomic E-state index is 10.6. The van der Waals surface area contributed by atoms with Crippen molar-refractivity contribution < 1.29 is 32.9 Å². The summed E-state index contributed by atoms with van der Waals surface area (Å²) in [5.41, 5.74) is 4.21. The third kappa shape index (κ3) is 7.05. The number of pyridine rings is 1. The molecule has 2 fully saturated rings. The first-order valence-corrected chi connectivity index (χ1v) is 13.0. The highest BCUT2D eigenvalue weighted by Gasteiger charge is 2.38. The van der Waals surface area contributed by atoms with E-state index in [0.29, 0.717) is 6.04 Å². The molecule has 3 N–H and O–H groups in total. The number of nitrogens with zero attached hydrogens (tertiary/aromatic N) is 2. The molecule has 0 amide bonds. The van der Waals surface area contributed by atoms with Crippen molar-refractivity contribution in [1.29, 1.82) is 0 Å². The summed E-state index contributed by atoms with van der Waals surface area (Å²) < 4.78 is 37.9. The number of aryl methyl sites for hydroxylation is 1. The molecule has 3 aromatic rings. The Kier molecular flexibility index (Phi) is 8.94. The van der Waals surface area contributed by atoms with Crippen LogP contribution in [0.4, 0.5) is 18.9 Å². The van der Waals surface area contributed by atoms with Gasteiger partial charge in [-0.05, 0) is 76.2 Å². The van der Waals surface area contributed by atoms with Crippen molar-refractivity contribution in [2.45, 2.75) is 63.8 Å². The van der Waals surface area contributed by atoms with Gasteiger partial charge in [0.05, 0.1) is 29.4 Å². The summed E-state index contributed by atoms with van der Waals surface area (Å²) in [6.07, 6.45) is 1.11. The van der Waals surface area contributed by atoms with Gasteiger partial charge in [0.25, 0.3) is 0 Å². The number of hydrogen-bond acceptors (Lipinski definition) is 6. The quantitative estimate of drug-likeness (QED) is 0.272. The van der Waals surface area contributed by atoms with Gasteiger partial charge in [0.1, 0.15) is 5.75 Å². The molecule has 0 spiro atoms. The molecular weight excluding hydrogens is 499 g/mol. The lowest BCUT2D eigenvalue weighted by atomic mass is 10.0. The Morgan fingerprint density at radius 3 is 2.50 bits per heavy atom. The van der Waals surface area contributed by atoms with Crippen LogP contribution in [0.5, 0.6) is 5.75 Å². The first-order valence-electron chi connectivity index (χ1n) is 13.0.